The van der Waals surface area contributed by atoms with Crippen LogP contribution in [-0.4, -0.2) is 39.7 Å². The van der Waals surface area contributed by atoms with Gasteiger partial charge in [0.25, 0.3) is 5.91 Å². The van der Waals surface area contributed by atoms with Gasteiger partial charge in [0.05, 0.1) is 18.1 Å². The standard InChI is InChI=1S/C34H31FN2O7/c35-23-13-11-21(12-14-23)28(38)18-17-27-32(37(33(27)41)24-9-5-2-6-10-24)26-16-15-25(19-29(26)39)44-20-30(40)36-31(34(42)43)22-7-3-1-4-8-22/h1-16,19,27-28,31-32,38-39H,17-18,20H2,(H,36,40)(H,42,43)/t27-,28+,31-,32-/m1/s1. The summed E-state index contributed by atoms with van der Waals surface area (Å²) in [6.45, 7) is -0.489. The summed E-state index contributed by atoms with van der Waals surface area (Å²) >= 11 is 0. The van der Waals surface area contributed by atoms with Crippen LogP contribution in [0.4, 0.5) is 10.1 Å². The Hall–Kier alpha value is -5.22. The van der Waals surface area contributed by atoms with Crippen LogP contribution in [-0.2, 0) is 14.4 Å². The van der Waals surface area contributed by atoms with Crippen molar-refractivity contribution in [3.05, 3.63) is 126 Å². The number of benzene rings is 4. The van der Waals surface area contributed by atoms with E-state index >= 15 is 0 Å². The molecule has 1 fully saturated rings. The van der Waals surface area contributed by atoms with Crippen LogP contribution in [0.5, 0.6) is 11.5 Å². The quantitative estimate of drug-likeness (QED) is 0.167. The first-order chi connectivity index (χ1) is 21.2. The predicted octanol–water partition coefficient (Wildman–Crippen LogP) is 5.07. The van der Waals surface area contributed by atoms with Crippen molar-refractivity contribution in [2.24, 2.45) is 5.92 Å². The van der Waals surface area contributed by atoms with E-state index in [0.29, 0.717) is 28.8 Å². The summed E-state index contributed by atoms with van der Waals surface area (Å²) in [6, 6.07) is 25.6. The van der Waals surface area contributed by atoms with E-state index in [9.17, 15) is 34.1 Å². The van der Waals surface area contributed by atoms with Gasteiger partial charge in [-0.2, -0.15) is 0 Å². The van der Waals surface area contributed by atoms with E-state index < -0.39 is 48.4 Å². The molecule has 5 rings (SSSR count). The number of amides is 2. The molecule has 0 radical (unpaired) electrons. The van der Waals surface area contributed by atoms with Crippen LogP contribution in [0, 0.1) is 11.7 Å². The van der Waals surface area contributed by atoms with Crippen LogP contribution >= 0.6 is 0 Å². The number of aliphatic carboxylic acids is 1. The number of nitrogens with zero attached hydrogens (tertiary/aromatic N) is 1. The molecular formula is C34H31FN2O7. The summed E-state index contributed by atoms with van der Waals surface area (Å²) in [6.07, 6.45) is -0.332. The number of phenols is 1. The summed E-state index contributed by atoms with van der Waals surface area (Å²) in [5.74, 6) is -2.97. The number of carbonyl (C=O) groups excluding carboxylic acids is 2. The first kappa shape index (κ1) is 30.2. The van der Waals surface area contributed by atoms with Crippen molar-refractivity contribution < 1.29 is 38.8 Å². The molecule has 0 spiro atoms. The van der Waals surface area contributed by atoms with Crippen LogP contribution in [0.15, 0.2) is 103 Å². The Bertz CT molecular complexity index is 1620. The van der Waals surface area contributed by atoms with Crippen molar-refractivity contribution in [2.45, 2.75) is 31.0 Å². The average Bonchev–Trinajstić information content (AvgIpc) is 3.03. The molecule has 9 nitrogen and oxygen atoms in total. The molecule has 1 saturated heterocycles. The first-order valence-electron chi connectivity index (χ1n) is 14.1. The van der Waals surface area contributed by atoms with Gasteiger partial charge in [-0.15, -0.1) is 0 Å². The largest absolute Gasteiger partial charge is 0.507 e. The maximum absolute atomic E-state index is 13.3. The number of rotatable bonds is 12. The number of aliphatic hydroxyl groups excluding tert-OH is 1. The number of carboxylic acids is 1. The molecule has 226 valence electrons. The van der Waals surface area contributed by atoms with Crippen LogP contribution in [0.1, 0.15) is 47.7 Å². The molecule has 0 bridgehead atoms. The lowest BCUT2D eigenvalue weighted by Gasteiger charge is -2.48. The zero-order valence-electron chi connectivity index (χ0n) is 23.5. The minimum absolute atomic E-state index is 0.155. The highest BCUT2D eigenvalue weighted by molar-refractivity contribution is 6.03. The number of aliphatic hydroxyl groups is 1. The number of hydrogen-bond acceptors (Lipinski definition) is 6. The molecule has 10 heteroatoms. The zero-order chi connectivity index (χ0) is 31.2. The molecule has 4 atom stereocenters. The Balaban J connectivity index is 1.28. The van der Waals surface area contributed by atoms with Crippen LogP contribution < -0.4 is 15.0 Å². The second-order valence-electron chi connectivity index (χ2n) is 10.5. The SMILES string of the molecule is O=C(COc1ccc([C@@H]2[C@@H](CC[C@H](O)c3ccc(F)cc3)C(=O)N2c2ccccc2)c(O)c1)N[C@@H](C(=O)O)c1ccccc1. The van der Waals surface area contributed by atoms with Gasteiger partial charge in [0.15, 0.2) is 12.6 Å². The Kier molecular flexibility index (Phi) is 9.20. The normalized spacial score (nSPS) is 17.3. The van der Waals surface area contributed by atoms with Crippen LogP contribution in [0.2, 0.25) is 0 Å². The average molecular weight is 599 g/mol. The van der Waals surface area contributed by atoms with Gasteiger partial charge >= 0.3 is 5.97 Å². The van der Waals surface area contributed by atoms with E-state index in [1.165, 1.54) is 30.3 Å². The second-order valence-corrected chi connectivity index (χ2v) is 10.5. The predicted molar refractivity (Wildman–Crippen MR) is 159 cm³/mol. The first-order valence-corrected chi connectivity index (χ1v) is 14.1. The van der Waals surface area contributed by atoms with E-state index in [1.807, 2.05) is 6.07 Å². The number of carboxylic acid groups (broad SMARTS) is 1. The topological polar surface area (TPSA) is 136 Å². The van der Waals surface area contributed by atoms with Gasteiger partial charge in [0, 0.05) is 17.3 Å². The molecular weight excluding hydrogens is 567 g/mol. The Labute approximate surface area is 253 Å². The molecule has 44 heavy (non-hydrogen) atoms. The lowest BCUT2D eigenvalue weighted by atomic mass is 9.78. The highest BCUT2D eigenvalue weighted by atomic mass is 19.1. The monoisotopic (exact) mass is 598 g/mol. The number of ether oxygens (including phenoxy) is 1. The molecule has 1 aliphatic rings. The molecule has 2 amide bonds. The summed E-state index contributed by atoms with van der Waals surface area (Å²) in [4.78, 5) is 39.1. The highest BCUT2D eigenvalue weighted by Gasteiger charge is 2.49. The van der Waals surface area contributed by atoms with E-state index in [4.69, 9.17) is 4.74 Å². The van der Waals surface area contributed by atoms with E-state index in [1.54, 1.807) is 71.6 Å². The van der Waals surface area contributed by atoms with E-state index in [-0.39, 0.29) is 23.8 Å². The maximum atomic E-state index is 13.3. The fourth-order valence-corrected chi connectivity index (χ4v) is 5.40. The lowest BCUT2D eigenvalue weighted by molar-refractivity contribution is -0.142. The van der Waals surface area contributed by atoms with Gasteiger partial charge in [-0.05, 0) is 60.4 Å². The maximum Gasteiger partial charge on any atom is 0.330 e. The zero-order valence-corrected chi connectivity index (χ0v) is 23.5. The number of para-hydroxylation sites is 1. The minimum Gasteiger partial charge on any atom is -0.507 e. The van der Waals surface area contributed by atoms with Gasteiger partial charge < -0.3 is 30.3 Å². The number of hydrogen-bond donors (Lipinski definition) is 4. The van der Waals surface area contributed by atoms with Gasteiger partial charge in [0.2, 0.25) is 5.91 Å². The fraction of sp³-hybridized carbons (Fsp3) is 0.206. The second kappa shape index (κ2) is 13.4. The molecule has 4 N–H and O–H groups in total. The summed E-state index contributed by atoms with van der Waals surface area (Å²) < 4.78 is 18.9. The smallest absolute Gasteiger partial charge is 0.330 e. The molecule has 0 aliphatic carbocycles. The van der Waals surface area contributed by atoms with Crippen molar-refractivity contribution in [1.82, 2.24) is 5.32 Å². The van der Waals surface area contributed by atoms with E-state index in [2.05, 4.69) is 5.32 Å². The third-order valence-electron chi connectivity index (χ3n) is 7.63. The number of nitrogens with one attached hydrogen (secondary N) is 1. The number of halogens is 1. The number of phenolic OH excluding ortho intramolecular Hbond substituents is 1. The van der Waals surface area contributed by atoms with Crippen molar-refractivity contribution in [2.75, 3.05) is 11.5 Å². The van der Waals surface area contributed by atoms with Crippen LogP contribution in [0.25, 0.3) is 0 Å². The number of aromatic hydroxyl groups is 1. The number of β-lactam (4-membered cyclic amide) rings is 1. The summed E-state index contributed by atoms with van der Waals surface area (Å²) in [5.41, 5.74) is 2.07. The van der Waals surface area contributed by atoms with Crippen LogP contribution in [0.3, 0.4) is 0 Å². The Morgan fingerprint density at radius 3 is 2.20 bits per heavy atom. The Morgan fingerprint density at radius 1 is 0.909 bits per heavy atom. The fourth-order valence-electron chi connectivity index (χ4n) is 5.40. The Morgan fingerprint density at radius 2 is 1.57 bits per heavy atom. The van der Waals surface area contributed by atoms with Crippen molar-refractivity contribution >= 4 is 23.5 Å². The molecule has 0 unspecified atom stereocenters. The molecule has 0 saturated carbocycles. The van der Waals surface area contributed by atoms with Gasteiger partial charge in [-0.25, -0.2) is 9.18 Å². The van der Waals surface area contributed by atoms with E-state index in [0.717, 1.165) is 0 Å². The number of anilines is 1. The summed E-state index contributed by atoms with van der Waals surface area (Å²) in [7, 11) is 0. The van der Waals surface area contributed by atoms with Crippen molar-refractivity contribution in [3.8, 4) is 11.5 Å². The number of carbonyl (C=O) groups is 3. The molecule has 0 aromatic heterocycles. The van der Waals surface area contributed by atoms with Gasteiger partial charge in [-0.1, -0.05) is 60.7 Å². The van der Waals surface area contributed by atoms with Crippen molar-refractivity contribution in [3.63, 3.8) is 0 Å². The molecule has 4 aromatic carbocycles. The van der Waals surface area contributed by atoms with Crippen molar-refractivity contribution in [1.29, 1.82) is 0 Å². The molecule has 1 aliphatic heterocycles. The van der Waals surface area contributed by atoms with Gasteiger partial charge in [-0.3, -0.25) is 9.59 Å². The molecule has 1 heterocycles. The third kappa shape index (κ3) is 6.71. The third-order valence-corrected chi connectivity index (χ3v) is 7.63. The highest BCUT2D eigenvalue weighted by Crippen LogP contribution is 2.49. The summed E-state index contributed by atoms with van der Waals surface area (Å²) in [5, 5.41) is 33.7. The molecule has 4 aromatic rings. The lowest BCUT2D eigenvalue weighted by Crippen LogP contribution is -2.55. The minimum atomic E-state index is -1.25. The van der Waals surface area contributed by atoms with Gasteiger partial charge in [0.1, 0.15) is 17.3 Å².